The molecule has 0 aromatic carbocycles. The molecule has 0 aliphatic carbocycles. The van der Waals surface area contributed by atoms with Crippen LogP contribution < -0.4 is 5.32 Å². The highest BCUT2D eigenvalue weighted by molar-refractivity contribution is 4.86. The molecule has 0 radical (unpaired) electrons. The molecule has 1 unspecified atom stereocenters. The van der Waals surface area contributed by atoms with Gasteiger partial charge in [0.15, 0.2) is 0 Å². The molecule has 1 atom stereocenters. The molecular weight excluding hydrogens is 124 g/mol. The minimum Gasteiger partial charge on any atom is -0.302 e. The molecule has 10 heavy (non-hydrogen) atoms. The molecule has 0 aliphatic heterocycles. The van der Waals surface area contributed by atoms with Crippen LogP contribution in [0.1, 0.15) is 20.3 Å². The summed E-state index contributed by atoms with van der Waals surface area (Å²) in [6, 6.07) is 2.08. The van der Waals surface area contributed by atoms with Crippen molar-refractivity contribution in [2.24, 2.45) is 0 Å². The van der Waals surface area contributed by atoms with Crippen LogP contribution in [-0.2, 0) is 0 Å². The fourth-order valence-electron chi connectivity index (χ4n) is 0.595. The first kappa shape index (κ1) is 9.19. The largest absolute Gasteiger partial charge is 0.302 e. The molecule has 0 bridgehead atoms. The lowest BCUT2D eigenvalue weighted by atomic mass is 10.3. The summed E-state index contributed by atoms with van der Waals surface area (Å²) in [4.78, 5) is 0. The topological polar surface area (TPSA) is 35.8 Å². The van der Waals surface area contributed by atoms with Crippen LogP contribution in [-0.4, -0.2) is 12.6 Å². The Hall–Kier alpha value is -0.810. The molecule has 0 heterocycles. The fraction of sp³-hybridized carbons (Fsp3) is 0.625. The van der Waals surface area contributed by atoms with Crippen LogP contribution in [0.3, 0.4) is 0 Å². The summed E-state index contributed by atoms with van der Waals surface area (Å²) in [6.07, 6.45) is 5.10. The zero-order valence-corrected chi connectivity index (χ0v) is 6.59. The molecule has 2 heteroatoms. The summed E-state index contributed by atoms with van der Waals surface area (Å²) in [6.45, 7) is 4.74. The van der Waals surface area contributed by atoms with E-state index < -0.39 is 0 Å². The van der Waals surface area contributed by atoms with Gasteiger partial charge in [-0.2, -0.15) is 5.26 Å². The highest BCUT2D eigenvalue weighted by atomic mass is 14.9. The van der Waals surface area contributed by atoms with Crippen molar-refractivity contribution < 1.29 is 0 Å². The van der Waals surface area contributed by atoms with Gasteiger partial charge in [0, 0.05) is 0 Å². The first-order valence-corrected chi connectivity index (χ1v) is 3.55. The van der Waals surface area contributed by atoms with Crippen molar-refractivity contribution in [1.29, 1.82) is 5.26 Å². The van der Waals surface area contributed by atoms with Crippen LogP contribution in [0.2, 0.25) is 0 Å². The van der Waals surface area contributed by atoms with Crippen LogP contribution in [0.15, 0.2) is 12.2 Å². The number of hydrogen-bond acceptors (Lipinski definition) is 2. The van der Waals surface area contributed by atoms with Crippen LogP contribution >= 0.6 is 0 Å². The van der Waals surface area contributed by atoms with Gasteiger partial charge in [-0.15, -0.1) is 0 Å². The summed E-state index contributed by atoms with van der Waals surface area (Å²) < 4.78 is 0. The maximum atomic E-state index is 8.36. The molecule has 56 valence electrons. The van der Waals surface area contributed by atoms with Gasteiger partial charge in [-0.3, -0.25) is 0 Å². The van der Waals surface area contributed by atoms with Crippen molar-refractivity contribution in [3.63, 3.8) is 0 Å². The van der Waals surface area contributed by atoms with Crippen molar-refractivity contribution in [2.75, 3.05) is 6.54 Å². The van der Waals surface area contributed by atoms with E-state index in [0.29, 0.717) is 0 Å². The van der Waals surface area contributed by atoms with Gasteiger partial charge < -0.3 is 5.32 Å². The highest BCUT2D eigenvalue weighted by Crippen LogP contribution is 1.82. The van der Waals surface area contributed by atoms with Crippen molar-refractivity contribution in [2.45, 2.75) is 26.3 Å². The zero-order chi connectivity index (χ0) is 7.82. The third kappa shape index (κ3) is 5.33. The van der Waals surface area contributed by atoms with Gasteiger partial charge in [-0.05, 0) is 26.8 Å². The molecule has 0 saturated carbocycles. The number of rotatable bonds is 4. The summed E-state index contributed by atoms with van der Waals surface area (Å²) >= 11 is 0. The number of hydrogen-bond donors (Lipinski definition) is 1. The molecule has 0 amide bonds. The van der Waals surface area contributed by atoms with Gasteiger partial charge in [0.05, 0.1) is 12.1 Å². The lowest BCUT2D eigenvalue weighted by Crippen LogP contribution is -2.24. The molecule has 0 aromatic heterocycles. The van der Waals surface area contributed by atoms with Crippen molar-refractivity contribution in [3.05, 3.63) is 12.2 Å². The third-order valence-corrected chi connectivity index (χ3v) is 1.19. The van der Waals surface area contributed by atoms with E-state index in [1.54, 1.807) is 0 Å². The molecule has 0 spiro atoms. The Balaban J connectivity index is 3.13. The molecule has 0 saturated heterocycles. The number of nitrogens with one attached hydrogen (secondary N) is 1. The van der Waals surface area contributed by atoms with E-state index in [9.17, 15) is 0 Å². The molecule has 0 aliphatic rings. The zero-order valence-electron chi connectivity index (χ0n) is 6.59. The summed E-state index contributed by atoms with van der Waals surface area (Å²) in [5.41, 5.74) is 0. The second-order valence-electron chi connectivity index (χ2n) is 2.16. The van der Waals surface area contributed by atoms with Gasteiger partial charge in [0.2, 0.25) is 0 Å². The Bertz CT molecular complexity index is 133. The van der Waals surface area contributed by atoms with Gasteiger partial charge in [0.1, 0.15) is 0 Å². The van der Waals surface area contributed by atoms with E-state index in [2.05, 4.69) is 17.5 Å². The third-order valence-electron chi connectivity index (χ3n) is 1.19. The monoisotopic (exact) mass is 138 g/mol. The van der Waals surface area contributed by atoms with E-state index in [-0.39, 0.29) is 6.04 Å². The summed E-state index contributed by atoms with van der Waals surface area (Å²) in [5, 5.41) is 11.4. The smallest absolute Gasteiger partial charge is 0.0924 e. The van der Waals surface area contributed by atoms with Gasteiger partial charge in [-0.1, -0.05) is 12.2 Å². The minimum absolute atomic E-state index is 0.0229. The fourth-order valence-corrected chi connectivity index (χ4v) is 0.595. The van der Waals surface area contributed by atoms with Gasteiger partial charge >= 0.3 is 0 Å². The lowest BCUT2D eigenvalue weighted by molar-refractivity contribution is 0.647. The van der Waals surface area contributed by atoms with Crippen molar-refractivity contribution >= 4 is 0 Å². The predicted octanol–water partition coefficient (Wildman–Crippen LogP) is 1.45. The van der Waals surface area contributed by atoms with Gasteiger partial charge in [0.25, 0.3) is 0 Å². The maximum absolute atomic E-state index is 8.36. The Morgan fingerprint density at radius 1 is 1.70 bits per heavy atom. The Morgan fingerprint density at radius 2 is 2.40 bits per heavy atom. The molecule has 0 rings (SSSR count). The second-order valence-corrected chi connectivity index (χ2v) is 2.16. The summed E-state index contributed by atoms with van der Waals surface area (Å²) in [7, 11) is 0. The lowest BCUT2D eigenvalue weighted by Gasteiger charge is -2.01. The van der Waals surface area contributed by atoms with Crippen molar-refractivity contribution in [3.8, 4) is 6.07 Å². The molecule has 0 aromatic rings. The van der Waals surface area contributed by atoms with Crippen LogP contribution in [0.4, 0.5) is 0 Å². The second kappa shape index (κ2) is 6.31. The highest BCUT2D eigenvalue weighted by Gasteiger charge is 1.93. The Morgan fingerprint density at radius 3 is 2.90 bits per heavy atom. The quantitative estimate of drug-likeness (QED) is 0.471. The van der Waals surface area contributed by atoms with Crippen molar-refractivity contribution in [1.82, 2.24) is 5.32 Å². The average Bonchev–Trinajstić information content (AvgIpc) is 1.98. The van der Waals surface area contributed by atoms with Crippen LogP contribution in [0.5, 0.6) is 0 Å². The van der Waals surface area contributed by atoms with E-state index in [1.807, 2.05) is 19.9 Å². The van der Waals surface area contributed by atoms with E-state index in [0.717, 1.165) is 13.0 Å². The molecule has 0 fully saturated rings. The molecule has 2 nitrogen and oxygen atoms in total. The van der Waals surface area contributed by atoms with Crippen LogP contribution in [0.25, 0.3) is 0 Å². The van der Waals surface area contributed by atoms with Crippen LogP contribution in [0, 0.1) is 11.3 Å². The number of nitrogens with zero attached hydrogens (tertiary/aromatic N) is 1. The first-order chi connectivity index (χ1) is 4.81. The SMILES string of the molecule is C/C=C/CCNC(C)C#N. The van der Waals surface area contributed by atoms with E-state index in [1.165, 1.54) is 0 Å². The van der Waals surface area contributed by atoms with Gasteiger partial charge in [-0.25, -0.2) is 0 Å². The standard InChI is InChI=1S/C8H14N2/c1-3-4-5-6-10-8(2)7-9/h3-4,8,10H,5-6H2,1-2H3/b4-3+. The predicted molar refractivity (Wildman–Crippen MR) is 42.5 cm³/mol. The Kier molecular flexibility index (Phi) is 5.80. The number of allylic oxidation sites excluding steroid dienone is 1. The molecule has 1 N–H and O–H groups in total. The first-order valence-electron chi connectivity index (χ1n) is 3.55. The minimum atomic E-state index is -0.0229. The average molecular weight is 138 g/mol. The molecular formula is C8H14N2. The Labute approximate surface area is 62.5 Å². The number of nitriles is 1. The van der Waals surface area contributed by atoms with E-state index >= 15 is 0 Å². The normalized spacial score (nSPS) is 13.3. The van der Waals surface area contributed by atoms with E-state index in [4.69, 9.17) is 5.26 Å². The summed E-state index contributed by atoms with van der Waals surface area (Å²) in [5.74, 6) is 0. The maximum Gasteiger partial charge on any atom is 0.0924 e.